The zero-order valence-electron chi connectivity index (χ0n) is 11.1. The second-order valence-corrected chi connectivity index (χ2v) is 5.12. The minimum Gasteiger partial charge on any atom is -0.476 e. The SMILES string of the molecule is CN(C)C1CCN(Cc2cn(C)nc2C(=O)O)C1. The normalized spacial score (nSPS) is 20.8. The molecule has 1 fully saturated rings. The highest BCUT2D eigenvalue weighted by Crippen LogP contribution is 2.17. The fourth-order valence-corrected chi connectivity index (χ4v) is 2.45. The van der Waals surface area contributed by atoms with E-state index in [4.69, 9.17) is 5.11 Å². The molecule has 1 saturated heterocycles. The molecule has 0 radical (unpaired) electrons. The predicted molar refractivity (Wildman–Crippen MR) is 67.5 cm³/mol. The van der Waals surface area contributed by atoms with Gasteiger partial charge in [-0.25, -0.2) is 4.79 Å². The van der Waals surface area contributed by atoms with Gasteiger partial charge in [0, 0.05) is 44.5 Å². The quantitative estimate of drug-likeness (QED) is 0.832. The average molecular weight is 252 g/mol. The number of carboxylic acids is 1. The monoisotopic (exact) mass is 252 g/mol. The lowest BCUT2D eigenvalue weighted by molar-refractivity contribution is 0.0687. The van der Waals surface area contributed by atoms with Crippen molar-refractivity contribution in [3.63, 3.8) is 0 Å². The Morgan fingerprint density at radius 3 is 2.89 bits per heavy atom. The van der Waals surface area contributed by atoms with Crippen molar-refractivity contribution < 1.29 is 9.90 Å². The minimum absolute atomic E-state index is 0.172. The molecule has 0 amide bonds. The summed E-state index contributed by atoms with van der Waals surface area (Å²) in [5.41, 5.74) is 0.968. The first-order valence-corrected chi connectivity index (χ1v) is 6.12. The van der Waals surface area contributed by atoms with Gasteiger partial charge < -0.3 is 10.0 Å². The van der Waals surface area contributed by atoms with Crippen molar-refractivity contribution in [3.05, 3.63) is 17.5 Å². The van der Waals surface area contributed by atoms with E-state index in [1.165, 1.54) is 0 Å². The predicted octanol–water partition coefficient (Wildman–Crippen LogP) is 0.254. The first-order valence-electron chi connectivity index (χ1n) is 6.12. The fraction of sp³-hybridized carbons (Fsp3) is 0.667. The maximum absolute atomic E-state index is 11.1. The van der Waals surface area contributed by atoms with Crippen molar-refractivity contribution in [1.29, 1.82) is 0 Å². The van der Waals surface area contributed by atoms with Crippen LogP contribution in [0.4, 0.5) is 0 Å². The summed E-state index contributed by atoms with van der Waals surface area (Å²) in [6.07, 6.45) is 2.93. The van der Waals surface area contributed by atoms with Crippen LogP contribution in [0.15, 0.2) is 6.20 Å². The Bertz CT molecular complexity index is 441. The first kappa shape index (κ1) is 13.0. The Kier molecular flexibility index (Phi) is 3.68. The Hall–Kier alpha value is -1.40. The van der Waals surface area contributed by atoms with Crippen molar-refractivity contribution in [2.45, 2.75) is 19.0 Å². The number of hydrogen-bond acceptors (Lipinski definition) is 4. The van der Waals surface area contributed by atoms with Crippen molar-refractivity contribution in [3.8, 4) is 0 Å². The number of hydrogen-bond donors (Lipinski definition) is 1. The van der Waals surface area contributed by atoms with E-state index < -0.39 is 5.97 Å². The first-order chi connectivity index (χ1) is 8.47. The maximum atomic E-state index is 11.1. The lowest BCUT2D eigenvalue weighted by atomic mass is 10.2. The summed E-state index contributed by atoms with van der Waals surface area (Å²) in [5, 5.41) is 13.1. The summed E-state index contributed by atoms with van der Waals surface area (Å²) in [6, 6.07) is 0.565. The zero-order valence-corrected chi connectivity index (χ0v) is 11.1. The van der Waals surface area contributed by atoms with Crippen LogP contribution in [-0.2, 0) is 13.6 Å². The highest BCUT2D eigenvalue weighted by Gasteiger charge is 2.25. The van der Waals surface area contributed by atoms with Crippen LogP contribution in [-0.4, -0.2) is 63.9 Å². The van der Waals surface area contributed by atoms with Crippen molar-refractivity contribution >= 4 is 5.97 Å². The molecule has 18 heavy (non-hydrogen) atoms. The van der Waals surface area contributed by atoms with E-state index in [0.29, 0.717) is 12.6 Å². The van der Waals surface area contributed by atoms with Crippen LogP contribution in [0, 0.1) is 0 Å². The van der Waals surface area contributed by atoms with Gasteiger partial charge in [-0.15, -0.1) is 0 Å². The largest absolute Gasteiger partial charge is 0.476 e. The van der Waals surface area contributed by atoms with E-state index in [9.17, 15) is 4.79 Å². The smallest absolute Gasteiger partial charge is 0.356 e. The number of aryl methyl sites for hydroxylation is 1. The summed E-state index contributed by atoms with van der Waals surface area (Å²) in [5.74, 6) is -0.950. The summed E-state index contributed by atoms with van der Waals surface area (Å²) in [4.78, 5) is 15.6. The number of likely N-dealkylation sites (N-methyl/N-ethyl adjacent to an activating group) is 1. The molecule has 1 N–H and O–H groups in total. The molecule has 1 aromatic heterocycles. The summed E-state index contributed by atoms with van der Waals surface area (Å²) in [6.45, 7) is 2.66. The van der Waals surface area contributed by atoms with E-state index in [1.54, 1.807) is 17.9 Å². The van der Waals surface area contributed by atoms with E-state index in [1.807, 2.05) is 0 Å². The van der Waals surface area contributed by atoms with Gasteiger partial charge in [0.2, 0.25) is 0 Å². The summed E-state index contributed by atoms with van der Waals surface area (Å²) >= 11 is 0. The van der Waals surface area contributed by atoms with Crippen LogP contribution in [0.1, 0.15) is 22.5 Å². The minimum atomic E-state index is -0.950. The molecule has 1 aromatic rings. The Morgan fingerprint density at radius 1 is 1.61 bits per heavy atom. The number of likely N-dealkylation sites (tertiary alicyclic amines) is 1. The molecule has 100 valence electrons. The molecule has 2 heterocycles. The van der Waals surface area contributed by atoms with Crippen LogP contribution >= 0.6 is 0 Å². The van der Waals surface area contributed by atoms with Crippen LogP contribution < -0.4 is 0 Å². The molecular formula is C12H20N4O2. The Balaban J connectivity index is 2.04. The van der Waals surface area contributed by atoms with Gasteiger partial charge in [0.05, 0.1) is 0 Å². The van der Waals surface area contributed by atoms with E-state index in [2.05, 4.69) is 29.0 Å². The lowest BCUT2D eigenvalue weighted by Gasteiger charge is -2.20. The van der Waals surface area contributed by atoms with Crippen LogP contribution in [0.25, 0.3) is 0 Å². The van der Waals surface area contributed by atoms with Gasteiger partial charge >= 0.3 is 5.97 Å². The second kappa shape index (κ2) is 5.07. The second-order valence-electron chi connectivity index (χ2n) is 5.12. The summed E-state index contributed by atoms with van der Waals surface area (Å²) in [7, 11) is 5.92. The molecule has 0 bridgehead atoms. The van der Waals surface area contributed by atoms with Gasteiger partial charge in [-0.2, -0.15) is 5.10 Å². The van der Waals surface area contributed by atoms with Crippen LogP contribution in [0.5, 0.6) is 0 Å². The molecule has 2 rings (SSSR count). The number of carboxylic acid groups (broad SMARTS) is 1. The molecule has 1 aliphatic heterocycles. The number of nitrogens with zero attached hydrogens (tertiary/aromatic N) is 4. The van der Waals surface area contributed by atoms with Crippen molar-refractivity contribution in [1.82, 2.24) is 19.6 Å². The number of carbonyl (C=O) groups is 1. The topological polar surface area (TPSA) is 61.6 Å². The number of rotatable bonds is 4. The zero-order chi connectivity index (χ0) is 13.3. The van der Waals surface area contributed by atoms with Gasteiger partial charge in [0.1, 0.15) is 0 Å². The third-order valence-corrected chi connectivity index (χ3v) is 3.48. The third kappa shape index (κ3) is 2.70. The van der Waals surface area contributed by atoms with Gasteiger partial charge in [-0.05, 0) is 20.5 Å². The molecule has 0 spiro atoms. The standard InChI is InChI=1S/C12H20N4O2/c1-14(2)10-4-5-16(8-10)7-9-6-15(3)13-11(9)12(17)18/h6,10H,4-5,7-8H2,1-3H3,(H,17,18). The Labute approximate surface area is 107 Å². The number of aromatic carboxylic acids is 1. The van der Waals surface area contributed by atoms with Gasteiger partial charge in [0.15, 0.2) is 5.69 Å². The molecule has 1 unspecified atom stereocenters. The van der Waals surface area contributed by atoms with Crippen molar-refractivity contribution in [2.75, 3.05) is 27.2 Å². The molecule has 0 aliphatic carbocycles. The van der Waals surface area contributed by atoms with E-state index in [0.717, 1.165) is 25.1 Å². The molecule has 1 atom stereocenters. The van der Waals surface area contributed by atoms with E-state index >= 15 is 0 Å². The summed E-state index contributed by atoms with van der Waals surface area (Å²) < 4.78 is 1.57. The van der Waals surface area contributed by atoms with Crippen molar-refractivity contribution in [2.24, 2.45) is 7.05 Å². The average Bonchev–Trinajstić information content (AvgIpc) is 2.86. The number of aromatic nitrogens is 2. The van der Waals surface area contributed by atoms with Gasteiger partial charge in [-0.3, -0.25) is 9.58 Å². The highest BCUT2D eigenvalue weighted by atomic mass is 16.4. The lowest BCUT2D eigenvalue weighted by Crippen LogP contribution is -2.31. The molecule has 0 saturated carbocycles. The molecule has 1 aliphatic rings. The van der Waals surface area contributed by atoms with Crippen LogP contribution in [0.2, 0.25) is 0 Å². The van der Waals surface area contributed by atoms with Gasteiger partial charge in [-0.1, -0.05) is 0 Å². The molecule has 6 heteroatoms. The van der Waals surface area contributed by atoms with Crippen LogP contribution in [0.3, 0.4) is 0 Å². The van der Waals surface area contributed by atoms with Gasteiger partial charge in [0.25, 0.3) is 0 Å². The Morgan fingerprint density at radius 2 is 2.33 bits per heavy atom. The van der Waals surface area contributed by atoms with E-state index in [-0.39, 0.29) is 5.69 Å². The fourth-order valence-electron chi connectivity index (χ4n) is 2.45. The highest BCUT2D eigenvalue weighted by molar-refractivity contribution is 5.86. The maximum Gasteiger partial charge on any atom is 0.356 e. The third-order valence-electron chi connectivity index (χ3n) is 3.48. The molecule has 6 nitrogen and oxygen atoms in total. The molecule has 0 aromatic carbocycles. The molecular weight excluding hydrogens is 232 g/mol.